The molecule has 6 heteroatoms. The van der Waals surface area contributed by atoms with Gasteiger partial charge in [0.1, 0.15) is 19.3 Å². The van der Waals surface area contributed by atoms with Crippen LogP contribution in [0.15, 0.2) is 0 Å². The van der Waals surface area contributed by atoms with Gasteiger partial charge in [0.2, 0.25) is 5.79 Å². The molecule has 3 aliphatic rings. The topological polar surface area (TPSA) is 66.4 Å². The van der Waals surface area contributed by atoms with Crippen LogP contribution in [0.1, 0.15) is 0 Å². The number of hydrogen-bond acceptors (Lipinski definition) is 6. The largest absolute Gasteiger partial charge is 0.361 e. The van der Waals surface area contributed by atoms with E-state index in [-0.39, 0.29) is 25.4 Å². The van der Waals surface area contributed by atoms with Gasteiger partial charge in [-0.3, -0.25) is 0 Å². The molecule has 0 amide bonds. The molecule has 0 aromatic carbocycles. The average molecular weight is 176 g/mol. The van der Waals surface area contributed by atoms with Crippen molar-refractivity contribution in [3.05, 3.63) is 0 Å². The Morgan fingerprint density at radius 1 is 1.25 bits per heavy atom. The van der Waals surface area contributed by atoms with E-state index in [1.807, 2.05) is 0 Å². The van der Waals surface area contributed by atoms with Gasteiger partial charge in [-0.15, -0.1) is 0 Å². The molecule has 0 spiro atoms. The van der Waals surface area contributed by atoms with E-state index in [1.54, 1.807) is 0 Å². The molecule has 0 radical (unpaired) electrons. The molecule has 0 saturated carbocycles. The van der Waals surface area contributed by atoms with Crippen LogP contribution in [0.25, 0.3) is 0 Å². The molecule has 3 rings (SSSR count). The third kappa shape index (κ3) is 0.743. The maximum absolute atomic E-state index is 9.76. The van der Waals surface area contributed by atoms with Crippen molar-refractivity contribution in [1.82, 2.24) is 0 Å². The van der Waals surface area contributed by atoms with E-state index in [0.717, 1.165) is 0 Å². The zero-order valence-corrected chi connectivity index (χ0v) is 6.13. The van der Waals surface area contributed by atoms with Crippen molar-refractivity contribution in [2.75, 3.05) is 13.2 Å². The van der Waals surface area contributed by atoms with Gasteiger partial charge in [-0.05, 0) is 0 Å². The monoisotopic (exact) mass is 176 g/mol. The Morgan fingerprint density at radius 2 is 2.17 bits per heavy atom. The second-order valence-electron chi connectivity index (χ2n) is 3.13. The molecular weight excluding hydrogens is 168 g/mol. The Bertz CT molecular complexity index is 208. The standard InChI is InChI=1S/C6H8O6/c7-6-2-9-11-4-3(10-6)1-8-12-5(4)6/h3-5,7H,1-2H2/t3-,4-,5+,6-/m1/s1. The molecule has 3 fully saturated rings. The van der Waals surface area contributed by atoms with E-state index >= 15 is 0 Å². The van der Waals surface area contributed by atoms with Gasteiger partial charge >= 0.3 is 0 Å². The SMILES string of the molecule is O[C@@]12COO[C@@H]3[C@@H](COO[C@@H]31)O2. The molecule has 68 valence electrons. The summed E-state index contributed by atoms with van der Waals surface area (Å²) in [5, 5.41) is 9.76. The van der Waals surface area contributed by atoms with E-state index in [2.05, 4.69) is 4.89 Å². The molecule has 0 aliphatic carbocycles. The Balaban J connectivity index is 1.97. The first kappa shape index (κ1) is 7.19. The van der Waals surface area contributed by atoms with Crippen LogP contribution in [-0.2, 0) is 24.3 Å². The van der Waals surface area contributed by atoms with E-state index in [0.29, 0.717) is 0 Å². The van der Waals surface area contributed by atoms with Crippen molar-refractivity contribution in [2.45, 2.75) is 24.1 Å². The van der Waals surface area contributed by atoms with Gasteiger partial charge in [-0.25, -0.2) is 19.6 Å². The van der Waals surface area contributed by atoms with Gasteiger partial charge in [0.05, 0.1) is 0 Å². The third-order valence-corrected chi connectivity index (χ3v) is 2.31. The van der Waals surface area contributed by atoms with Crippen molar-refractivity contribution in [1.29, 1.82) is 0 Å². The lowest BCUT2D eigenvalue weighted by atomic mass is 10.0. The fourth-order valence-electron chi connectivity index (χ4n) is 1.71. The van der Waals surface area contributed by atoms with Crippen LogP contribution in [0, 0.1) is 0 Å². The maximum Gasteiger partial charge on any atom is 0.226 e. The lowest BCUT2D eigenvalue weighted by molar-refractivity contribution is -0.460. The maximum atomic E-state index is 9.76. The van der Waals surface area contributed by atoms with E-state index in [9.17, 15) is 5.11 Å². The van der Waals surface area contributed by atoms with Crippen LogP contribution >= 0.6 is 0 Å². The van der Waals surface area contributed by atoms with E-state index < -0.39 is 11.9 Å². The van der Waals surface area contributed by atoms with Crippen LogP contribution in [0.5, 0.6) is 0 Å². The molecule has 0 aromatic heterocycles. The predicted octanol–water partition coefficient (Wildman–Crippen LogP) is -1.27. The van der Waals surface area contributed by atoms with E-state index in [1.165, 1.54) is 0 Å². The molecule has 3 aliphatic heterocycles. The lowest BCUT2D eigenvalue weighted by Gasteiger charge is -2.33. The summed E-state index contributed by atoms with van der Waals surface area (Å²) in [6.45, 7) is 0.209. The molecule has 3 heterocycles. The second kappa shape index (κ2) is 2.16. The van der Waals surface area contributed by atoms with Gasteiger partial charge in [0, 0.05) is 0 Å². The summed E-state index contributed by atoms with van der Waals surface area (Å²) < 4.78 is 5.25. The second-order valence-corrected chi connectivity index (χ2v) is 3.13. The average Bonchev–Trinajstić information content (AvgIpc) is 2.27. The highest BCUT2D eigenvalue weighted by molar-refractivity contribution is 4.99. The lowest BCUT2D eigenvalue weighted by Crippen LogP contribution is -2.54. The van der Waals surface area contributed by atoms with Crippen molar-refractivity contribution in [2.24, 2.45) is 0 Å². The predicted molar refractivity (Wildman–Crippen MR) is 31.5 cm³/mol. The summed E-state index contributed by atoms with van der Waals surface area (Å²) in [7, 11) is 0. The summed E-state index contributed by atoms with van der Waals surface area (Å²) in [5.41, 5.74) is 0. The van der Waals surface area contributed by atoms with Crippen LogP contribution in [-0.4, -0.2) is 42.4 Å². The molecule has 6 nitrogen and oxygen atoms in total. The summed E-state index contributed by atoms with van der Waals surface area (Å²) >= 11 is 0. The number of aliphatic hydroxyl groups is 1. The molecule has 4 bridgehead atoms. The highest BCUT2D eigenvalue weighted by Gasteiger charge is 2.63. The molecule has 0 unspecified atom stereocenters. The highest BCUT2D eigenvalue weighted by atomic mass is 17.3. The van der Waals surface area contributed by atoms with Gasteiger partial charge in [0.15, 0.2) is 12.2 Å². The molecule has 1 N–H and O–H groups in total. The summed E-state index contributed by atoms with van der Waals surface area (Å²) in [5.74, 6) is -1.40. The molecule has 0 aromatic rings. The smallest absolute Gasteiger partial charge is 0.226 e. The van der Waals surface area contributed by atoms with Gasteiger partial charge in [0.25, 0.3) is 0 Å². The van der Waals surface area contributed by atoms with Gasteiger partial charge < -0.3 is 9.84 Å². The Kier molecular flexibility index (Phi) is 1.30. The molecule has 4 atom stereocenters. The normalized spacial score (nSPS) is 57.2. The zero-order chi connectivity index (χ0) is 8.18. The summed E-state index contributed by atoms with van der Waals surface area (Å²) in [4.78, 5) is 19.2. The first-order valence-corrected chi connectivity index (χ1v) is 3.76. The van der Waals surface area contributed by atoms with Crippen molar-refractivity contribution < 1.29 is 29.4 Å². The quantitative estimate of drug-likeness (QED) is 0.464. The van der Waals surface area contributed by atoms with Gasteiger partial charge in [-0.2, -0.15) is 0 Å². The minimum absolute atomic E-state index is 0.0476. The van der Waals surface area contributed by atoms with Crippen molar-refractivity contribution in [3.8, 4) is 0 Å². The number of hydrogen-bond donors (Lipinski definition) is 1. The van der Waals surface area contributed by atoms with Crippen molar-refractivity contribution >= 4 is 0 Å². The first-order chi connectivity index (χ1) is 5.80. The molecule has 12 heavy (non-hydrogen) atoms. The number of ether oxygens (including phenoxy) is 1. The fraction of sp³-hybridized carbons (Fsp3) is 1.00. The summed E-state index contributed by atoms with van der Waals surface area (Å²) in [6.07, 6.45) is -1.27. The zero-order valence-electron chi connectivity index (χ0n) is 6.13. The third-order valence-electron chi connectivity index (χ3n) is 2.31. The van der Waals surface area contributed by atoms with E-state index in [4.69, 9.17) is 19.4 Å². The Hall–Kier alpha value is -0.240. The van der Waals surface area contributed by atoms with Crippen LogP contribution in [0.2, 0.25) is 0 Å². The van der Waals surface area contributed by atoms with Crippen LogP contribution in [0.3, 0.4) is 0 Å². The van der Waals surface area contributed by atoms with Crippen LogP contribution in [0.4, 0.5) is 0 Å². The first-order valence-electron chi connectivity index (χ1n) is 3.76. The molecular formula is C6H8O6. The molecule has 3 saturated heterocycles. The van der Waals surface area contributed by atoms with Crippen molar-refractivity contribution in [3.63, 3.8) is 0 Å². The Labute approximate surface area is 67.8 Å². The minimum atomic E-state index is -1.40. The Morgan fingerprint density at radius 3 is 3.00 bits per heavy atom. The highest BCUT2D eigenvalue weighted by Crippen LogP contribution is 2.40. The minimum Gasteiger partial charge on any atom is -0.361 e. The fourth-order valence-corrected chi connectivity index (χ4v) is 1.71. The van der Waals surface area contributed by atoms with Crippen LogP contribution < -0.4 is 0 Å². The van der Waals surface area contributed by atoms with Gasteiger partial charge in [-0.1, -0.05) is 0 Å². The summed E-state index contributed by atoms with van der Waals surface area (Å²) in [6, 6.07) is 0. The number of rotatable bonds is 0.